The molecule has 14 aromatic carbocycles. The summed E-state index contributed by atoms with van der Waals surface area (Å²) in [5, 5.41) is 32.9. The molecule has 77 heavy (non-hydrogen) atoms. The highest BCUT2D eigenvalue weighted by atomic mass is 15.1. The van der Waals surface area contributed by atoms with Gasteiger partial charge >= 0.3 is 0 Å². The summed E-state index contributed by atoms with van der Waals surface area (Å²) in [6.45, 7) is 0. The van der Waals surface area contributed by atoms with Crippen LogP contribution in [0.25, 0.3) is 169 Å². The Kier molecular flexibility index (Phi) is 7.87. The smallest absolute Gasteiger partial charge is 0.104 e. The van der Waals surface area contributed by atoms with Crippen molar-refractivity contribution < 1.29 is 0 Å². The van der Waals surface area contributed by atoms with E-state index in [1.165, 1.54) is 64.6 Å². The molecule has 0 spiro atoms. The third-order valence-electron chi connectivity index (χ3n) is 17.1. The zero-order valence-electron chi connectivity index (χ0n) is 41.3. The van der Waals surface area contributed by atoms with Gasteiger partial charge in [-0.15, -0.1) is 0 Å². The summed E-state index contributed by atoms with van der Waals surface area (Å²) in [5.74, 6) is 0. The van der Waals surface area contributed by atoms with Crippen molar-refractivity contribution in [3.63, 3.8) is 0 Å². The second kappa shape index (κ2) is 14.8. The number of rotatable bonds is 5. The molecule has 4 aromatic heterocycles. The van der Waals surface area contributed by atoms with Crippen LogP contribution in [0.4, 0.5) is 0 Å². The molecule has 352 valence electrons. The van der Waals surface area contributed by atoms with E-state index < -0.39 is 0 Å². The minimum Gasteiger partial charge on any atom is -0.308 e. The van der Waals surface area contributed by atoms with Crippen molar-refractivity contribution in [1.82, 2.24) is 18.7 Å². The van der Waals surface area contributed by atoms with E-state index in [9.17, 15) is 5.26 Å². The zero-order valence-corrected chi connectivity index (χ0v) is 41.3. The fourth-order valence-electron chi connectivity index (χ4n) is 14.4. The van der Waals surface area contributed by atoms with E-state index in [0.29, 0.717) is 5.56 Å². The first-order valence-electron chi connectivity index (χ1n) is 26.4. The highest BCUT2D eigenvalue weighted by Gasteiger charge is 2.35. The number of pyridine rings is 1. The van der Waals surface area contributed by atoms with Crippen molar-refractivity contribution in [1.29, 1.82) is 5.26 Å². The van der Waals surface area contributed by atoms with Crippen LogP contribution in [0.3, 0.4) is 0 Å². The van der Waals surface area contributed by atoms with Gasteiger partial charge in [0.05, 0.1) is 55.7 Å². The first kappa shape index (κ1) is 40.9. The Hall–Kier alpha value is -10.5. The van der Waals surface area contributed by atoms with Gasteiger partial charge in [-0.3, -0.25) is 4.98 Å². The number of fused-ring (bicyclic) bond motifs is 9. The molecule has 0 saturated heterocycles. The maximum Gasteiger partial charge on any atom is 0.104 e. The summed E-state index contributed by atoms with van der Waals surface area (Å²) >= 11 is 0. The van der Waals surface area contributed by atoms with E-state index in [1.54, 1.807) is 0 Å². The Morgan fingerprint density at radius 1 is 0.273 bits per heavy atom. The van der Waals surface area contributed by atoms with Crippen LogP contribution in [0, 0.1) is 11.3 Å². The Labute approximate surface area is 439 Å². The van der Waals surface area contributed by atoms with E-state index >= 15 is 0 Å². The quantitative estimate of drug-likeness (QED) is 0.161. The summed E-state index contributed by atoms with van der Waals surface area (Å²) in [6.07, 6.45) is 1.90. The lowest BCUT2D eigenvalue weighted by Gasteiger charge is -2.28. The highest BCUT2D eigenvalue weighted by Crippen LogP contribution is 2.55. The molecule has 18 rings (SSSR count). The van der Waals surface area contributed by atoms with Gasteiger partial charge in [0.25, 0.3) is 0 Å². The molecule has 0 unspecified atom stereocenters. The van der Waals surface area contributed by atoms with Crippen molar-refractivity contribution in [3.8, 4) is 45.4 Å². The molecular formula is C72H39N5. The molecule has 0 aliphatic heterocycles. The Balaban J connectivity index is 1.17. The maximum atomic E-state index is 12.8. The Bertz CT molecular complexity index is 5070. The average molecular weight is 974 g/mol. The molecule has 0 bridgehead atoms. The van der Waals surface area contributed by atoms with Gasteiger partial charge < -0.3 is 13.7 Å². The van der Waals surface area contributed by atoms with Gasteiger partial charge in [-0.2, -0.15) is 5.26 Å². The summed E-state index contributed by atoms with van der Waals surface area (Å²) in [6, 6.07) is 87.1. The van der Waals surface area contributed by atoms with Gasteiger partial charge in [0.15, 0.2) is 0 Å². The summed E-state index contributed by atoms with van der Waals surface area (Å²) in [5.41, 5.74) is 14.4. The number of nitriles is 1. The molecule has 0 N–H and O–H groups in total. The monoisotopic (exact) mass is 973 g/mol. The third kappa shape index (κ3) is 5.05. The lowest BCUT2D eigenvalue weighted by atomic mass is 9.88. The number of aromatic nitrogens is 4. The van der Waals surface area contributed by atoms with Crippen molar-refractivity contribution >= 4 is 130 Å². The van der Waals surface area contributed by atoms with E-state index in [-0.39, 0.29) is 0 Å². The number of hydrogen-bond donors (Lipinski definition) is 0. The number of nitrogens with zero attached hydrogens (tertiary/aromatic N) is 5. The van der Waals surface area contributed by atoms with Crippen molar-refractivity contribution in [2.45, 2.75) is 0 Å². The molecule has 0 amide bonds. The van der Waals surface area contributed by atoms with E-state index in [0.717, 1.165) is 105 Å². The average Bonchev–Trinajstić information content (AvgIpc) is 4.32. The second-order valence-corrected chi connectivity index (χ2v) is 20.7. The van der Waals surface area contributed by atoms with E-state index in [2.05, 4.69) is 244 Å². The van der Waals surface area contributed by atoms with Crippen LogP contribution in [0.5, 0.6) is 0 Å². The van der Waals surface area contributed by atoms with Gasteiger partial charge in [0.2, 0.25) is 0 Å². The summed E-state index contributed by atoms with van der Waals surface area (Å²) < 4.78 is 7.45. The Morgan fingerprint density at radius 3 is 0.948 bits per heavy atom. The first-order chi connectivity index (χ1) is 38.3. The van der Waals surface area contributed by atoms with Crippen molar-refractivity contribution in [2.75, 3.05) is 0 Å². The highest BCUT2D eigenvalue weighted by molar-refractivity contribution is 6.37. The van der Waals surface area contributed by atoms with Crippen molar-refractivity contribution in [3.05, 3.63) is 242 Å². The fraction of sp³-hybridized carbons (Fsp3) is 0. The lowest BCUT2D eigenvalue weighted by molar-refractivity contribution is 1.09. The van der Waals surface area contributed by atoms with E-state index in [1.807, 2.05) is 12.3 Å². The standard InChI is InChI=1S/C72H39N5/c73-40-54-70(75-55-33-11-26-47-43-22-7-8-23-44(43)48-27-12-34-56(75)64(48)63(47)55)61(41-18-3-1-4-19-41)72(77-58-36-13-28-49-45-24-9-10-25-46(45)50-29-14-37-59(77)66(50)65(49)58)62(42-20-5-2-6-21-42)71(54)76-57-35-15-30-51-52-32-17-39-74-69(52)53-31-16-38-60(76)68(53)67(51)57/h1-39H. The van der Waals surface area contributed by atoms with Crippen LogP contribution in [-0.4, -0.2) is 18.7 Å². The SMILES string of the molecule is N#Cc1c(-n2c3cccc4c5ccccc5c5cccc2c5c43)c(-c2ccccc2)c(-n2c3cccc4c5ccccc5c5cccc2c5c43)c(-c2ccccc2)c1-n1c2cccc3c4cccnc4c4cccc1c4c32. The molecule has 5 nitrogen and oxygen atoms in total. The predicted octanol–water partition coefficient (Wildman–Crippen LogP) is 18.8. The van der Waals surface area contributed by atoms with Crippen LogP contribution in [-0.2, 0) is 0 Å². The topological polar surface area (TPSA) is 51.5 Å². The van der Waals surface area contributed by atoms with Crippen LogP contribution in [0.2, 0.25) is 0 Å². The summed E-state index contributed by atoms with van der Waals surface area (Å²) in [4.78, 5) is 5.07. The molecule has 0 saturated carbocycles. The molecule has 4 heterocycles. The van der Waals surface area contributed by atoms with Crippen LogP contribution in [0.1, 0.15) is 5.56 Å². The molecule has 0 radical (unpaired) electrons. The second-order valence-electron chi connectivity index (χ2n) is 20.7. The Morgan fingerprint density at radius 2 is 0.571 bits per heavy atom. The normalized spacial score (nSPS) is 12.4. The molecule has 0 atom stereocenters. The van der Waals surface area contributed by atoms with Gasteiger partial charge in [0.1, 0.15) is 11.6 Å². The minimum atomic E-state index is 0.571. The maximum absolute atomic E-state index is 12.8. The van der Waals surface area contributed by atoms with Crippen LogP contribution < -0.4 is 0 Å². The minimum absolute atomic E-state index is 0.571. The molecule has 0 fully saturated rings. The molecule has 0 aliphatic rings. The van der Waals surface area contributed by atoms with Gasteiger partial charge in [-0.25, -0.2) is 0 Å². The zero-order chi connectivity index (χ0) is 50.2. The lowest BCUT2D eigenvalue weighted by Crippen LogP contribution is -2.13. The molecule has 18 aromatic rings. The van der Waals surface area contributed by atoms with Gasteiger partial charge in [-0.05, 0) is 102 Å². The molecule has 0 aliphatic carbocycles. The largest absolute Gasteiger partial charge is 0.308 e. The van der Waals surface area contributed by atoms with Crippen molar-refractivity contribution in [2.24, 2.45) is 0 Å². The summed E-state index contributed by atoms with van der Waals surface area (Å²) in [7, 11) is 0. The molecule has 5 heteroatoms. The third-order valence-corrected chi connectivity index (χ3v) is 17.1. The van der Waals surface area contributed by atoms with Crippen LogP contribution >= 0.6 is 0 Å². The number of hydrogen-bond acceptors (Lipinski definition) is 2. The predicted molar refractivity (Wildman–Crippen MR) is 321 cm³/mol. The molecular weight excluding hydrogens is 935 g/mol. The van der Waals surface area contributed by atoms with E-state index in [4.69, 9.17) is 4.98 Å². The van der Waals surface area contributed by atoms with Gasteiger partial charge in [0, 0.05) is 60.4 Å². The van der Waals surface area contributed by atoms with Gasteiger partial charge in [-0.1, -0.05) is 188 Å². The van der Waals surface area contributed by atoms with Crippen LogP contribution in [0.15, 0.2) is 237 Å². The fourth-order valence-corrected chi connectivity index (χ4v) is 14.4. The number of benzene rings is 14. The first-order valence-corrected chi connectivity index (χ1v) is 26.4.